The fraction of sp³-hybridized carbons (Fsp3) is 0.360. The van der Waals surface area contributed by atoms with Gasteiger partial charge in [-0.1, -0.05) is 42.2 Å². The van der Waals surface area contributed by atoms with Crippen LogP contribution in [-0.4, -0.2) is 35.8 Å². The first-order valence-electron chi connectivity index (χ1n) is 11.1. The molecule has 0 radical (unpaired) electrons. The second-order valence-corrected chi connectivity index (χ2v) is 8.35. The van der Waals surface area contributed by atoms with Crippen LogP contribution in [0.15, 0.2) is 70.6 Å². The Balaban J connectivity index is 1.60. The molecule has 0 aromatic heterocycles. The zero-order valence-electron chi connectivity index (χ0n) is 17.8. The molecule has 0 amide bonds. The van der Waals surface area contributed by atoms with Crippen LogP contribution in [0.25, 0.3) is 0 Å². The monoisotopic (exact) mass is 415 g/mol. The maximum Gasteiger partial charge on any atom is 0.138 e. The van der Waals surface area contributed by atoms with Gasteiger partial charge < -0.3 is 21.2 Å². The van der Waals surface area contributed by atoms with E-state index < -0.39 is 0 Å². The molecule has 2 atom stereocenters. The van der Waals surface area contributed by atoms with Gasteiger partial charge in [-0.2, -0.15) is 0 Å². The van der Waals surface area contributed by atoms with E-state index in [0.717, 1.165) is 50.3 Å². The number of nitrogens with zero attached hydrogens (tertiary/aromatic N) is 1. The van der Waals surface area contributed by atoms with Crippen LogP contribution in [0.1, 0.15) is 26.2 Å². The maximum absolute atomic E-state index is 10.4. The van der Waals surface area contributed by atoms with Crippen molar-refractivity contribution in [1.29, 1.82) is 0 Å². The zero-order chi connectivity index (χ0) is 21.2. The van der Waals surface area contributed by atoms with Gasteiger partial charge in [-0.3, -0.25) is 5.01 Å². The van der Waals surface area contributed by atoms with Crippen molar-refractivity contribution < 1.29 is 5.11 Å². The molecule has 4 aliphatic rings. The molecule has 1 aromatic carbocycles. The van der Waals surface area contributed by atoms with Crippen molar-refractivity contribution >= 4 is 5.69 Å². The van der Waals surface area contributed by atoms with Crippen LogP contribution in [0.4, 0.5) is 5.69 Å². The molecular formula is C25H29N5O. The lowest BCUT2D eigenvalue weighted by Crippen LogP contribution is -2.39. The predicted molar refractivity (Wildman–Crippen MR) is 123 cm³/mol. The first-order chi connectivity index (χ1) is 15.2. The summed E-state index contributed by atoms with van der Waals surface area (Å²) < 4.78 is 0. The molecule has 1 saturated heterocycles. The van der Waals surface area contributed by atoms with Crippen LogP contribution in [-0.2, 0) is 0 Å². The molecule has 0 saturated carbocycles. The highest BCUT2D eigenvalue weighted by Crippen LogP contribution is 2.37. The standard InChI is InChI=1S/C25H29N5O/c1-17-25-20-7-3-2-6-19(18-10-13-26-14-11-18)16-21(20)22(12-15-30(25)29-28-17)27-23-8-4-5-9-24(23)31/h4-6,8-10,16,20,22,26-29,31H,2,11-15H2,1H3/b19-6+,21-16+. The summed E-state index contributed by atoms with van der Waals surface area (Å²) in [5.41, 5.74) is 13.6. The van der Waals surface area contributed by atoms with Crippen molar-refractivity contribution in [3.8, 4) is 17.6 Å². The van der Waals surface area contributed by atoms with Gasteiger partial charge in [0.2, 0.25) is 0 Å². The smallest absolute Gasteiger partial charge is 0.138 e. The van der Waals surface area contributed by atoms with Crippen molar-refractivity contribution in [1.82, 2.24) is 21.3 Å². The van der Waals surface area contributed by atoms with Gasteiger partial charge in [0.05, 0.1) is 23.3 Å². The van der Waals surface area contributed by atoms with Crippen molar-refractivity contribution in [3.05, 3.63) is 70.6 Å². The number of phenols is 1. The number of benzene rings is 1. The number of hydrogen-bond acceptors (Lipinski definition) is 6. The Morgan fingerprint density at radius 2 is 2.13 bits per heavy atom. The summed E-state index contributed by atoms with van der Waals surface area (Å²) in [7, 11) is 0. The van der Waals surface area contributed by atoms with Crippen LogP contribution in [0.3, 0.4) is 0 Å². The summed E-state index contributed by atoms with van der Waals surface area (Å²) in [4.78, 5) is 0. The first kappa shape index (κ1) is 19.8. The van der Waals surface area contributed by atoms with Crippen LogP contribution in [0, 0.1) is 17.8 Å². The second-order valence-electron chi connectivity index (χ2n) is 8.35. The Bertz CT molecular complexity index is 1060. The minimum atomic E-state index is -0.0145. The molecule has 2 unspecified atom stereocenters. The molecule has 31 heavy (non-hydrogen) atoms. The molecule has 5 N–H and O–H groups in total. The summed E-state index contributed by atoms with van der Waals surface area (Å²) in [5.74, 6) is 7.21. The number of aromatic hydroxyl groups is 1. The average Bonchev–Trinajstić information content (AvgIpc) is 3.07. The molecule has 3 aliphatic heterocycles. The van der Waals surface area contributed by atoms with E-state index in [1.165, 1.54) is 22.4 Å². The van der Waals surface area contributed by atoms with E-state index >= 15 is 0 Å². The zero-order valence-corrected chi connectivity index (χ0v) is 17.8. The summed E-state index contributed by atoms with van der Waals surface area (Å²) in [6.45, 7) is 4.86. The summed E-state index contributed by atoms with van der Waals surface area (Å²) in [6.07, 6.45) is 9.59. The normalized spacial score (nSPS) is 28.7. The molecule has 160 valence electrons. The van der Waals surface area contributed by atoms with Gasteiger partial charge in [0.25, 0.3) is 0 Å². The fourth-order valence-electron chi connectivity index (χ4n) is 4.75. The lowest BCUT2D eigenvalue weighted by molar-refractivity contribution is 0.245. The highest BCUT2D eigenvalue weighted by Gasteiger charge is 2.36. The van der Waals surface area contributed by atoms with Crippen molar-refractivity contribution in [3.63, 3.8) is 0 Å². The average molecular weight is 416 g/mol. The van der Waals surface area contributed by atoms with E-state index in [1.54, 1.807) is 6.07 Å². The van der Waals surface area contributed by atoms with Crippen LogP contribution < -0.4 is 21.6 Å². The summed E-state index contributed by atoms with van der Waals surface area (Å²) in [5, 5.41) is 19.6. The lowest BCUT2D eigenvalue weighted by atomic mass is 9.84. The molecule has 0 bridgehead atoms. The molecule has 6 nitrogen and oxygen atoms in total. The van der Waals surface area contributed by atoms with Gasteiger partial charge in [-0.15, -0.1) is 5.53 Å². The molecule has 5 rings (SSSR count). The maximum atomic E-state index is 10.4. The molecule has 6 heteroatoms. The third-order valence-electron chi connectivity index (χ3n) is 6.36. The minimum Gasteiger partial charge on any atom is -0.506 e. The SMILES string of the molecule is CC1=C2C3C#CC/C=C(C4=CCNCC4)\C=C/3C(Nc3ccccc3O)CCN2NN1. The van der Waals surface area contributed by atoms with E-state index in [2.05, 4.69) is 63.6 Å². The quantitative estimate of drug-likeness (QED) is 0.386. The molecule has 1 aliphatic carbocycles. The number of nitrogens with one attached hydrogen (secondary N) is 4. The Kier molecular flexibility index (Phi) is 5.46. The van der Waals surface area contributed by atoms with Crippen molar-refractivity contribution in [2.45, 2.75) is 32.2 Å². The Morgan fingerprint density at radius 1 is 1.23 bits per heavy atom. The number of rotatable bonds is 3. The Hall–Kier alpha value is -3.14. The Labute approximate surface area is 183 Å². The van der Waals surface area contributed by atoms with E-state index in [-0.39, 0.29) is 17.7 Å². The van der Waals surface area contributed by atoms with Crippen molar-refractivity contribution in [2.24, 2.45) is 5.92 Å². The number of fused-ring (bicyclic) bond motifs is 3. The molecule has 1 aromatic rings. The van der Waals surface area contributed by atoms with Crippen molar-refractivity contribution in [2.75, 3.05) is 25.0 Å². The minimum absolute atomic E-state index is 0.0145. The number of allylic oxidation sites excluding steroid dienone is 5. The van der Waals surface area contributed by atoms with Gasteiger partial charge in [0.1, 0.15) is 5.75 Å². The van der Waals surface area contributed by atoms with Gasteiger partial charge in [0, 0.05) is 25.2 Å². The van der Waals surface area contributed by atoms with E-state index in [0.29, 0.717) is 0 Å². The highest BCUT2D eigenvalue weighted by atomic mass is 16.3. The predicted octanol–water partition coefficient (Wildman–Crippen LogP) is 2.93. The number of phenolic OH excluding ortho intramolecular Hbond substituents is 1. The fourth-order valence-corrected chi connectivity index (χ4v) is 4.75. The van der Waals surface area contributed by atoms with E-state index in [1.807, 2.05) is 18.2 Å². The van der Waals surface area contributed by atoms with Gasteiger partial charge in [-0.05, 0) is 55.2 Å². The Morgan fingerprint density at radius 3 is 2.97 bits per heavy atom. The van der Waals surface area contributed by atoms with E-state index in [4.69, 9.17) is 0 Å². The topological polar surface area (TPSA) is 71.6 Å². The number of hydrogen-bond donors (Lipinski definition) is 5. The molecule has 0 spiro atoms. The van der Waals surface area contributed by atoms with Crippen LogP contribution in [0.2, 0.25) is 0 Å². The van der Waals surface area contributed by atoms with Gasteiger partial charge >= 0.3 is 0 Å². The molecule has 3 heterocycles. The van der Waals surface area contributed by atoms with Crippen LogP contribution >= 0.6 is 0 Å². The molecular weight excluding hydrogens is 386 g/mol. The molecule has 1 fully saturated rings. The number of para-hydroxylation sites is 2. The highest BCUT2D eigenvalue weighted by molar-refractivity contribution is 5.59. The summed E-state index contributed by atoms with van der Waals surface area (Å²) >= 11 is 0. The van der Waals surface area contributed by atoms with Gasteiger partial charge in [-0.25, -0.2) is 0 Å². The third kappa shape index (κ3) is 3.95. The first-order valence-corrected chi connectivity index (χ1v) is 11.1. The van der Waals surface area contributed by atoms with Gasteiger partial charge in [0.15, 0.2) is 0 Å². The third-order valence-corrected chi connectivity index (χ3v) is 6.36. The second kappa shape index (κ2) is 8.54. The van der Waals surface area contributed by atoms with E-state index in [9.17, 15) is 5.11 Å². The van der Waals surface area contributed by atoms with Crippen LogP contribution in [0.5, 0.6) is 5.75 Å². The largest absolute Gasteiger partial charge is 0.506 e. The number of hydrazine groups is 2. The summed E-state index contributed by atoms with van der Waals surface area (Å²) in [6, 6.07) is 7.52. The lowest BCUT2D eigenvalue weighted by Gasteiger charge is -2.27. The number of anilines is 1.